The van der Waals surface area contributed by atoms with Gasteiger partial charge in [0.25, 0.3) is 11.5 Å². The Kier molecular flexibility index (Phi) is 4.85. The fourth-order valence-electron chi connectivity index (χ4n) is 2.16. The molecule has 3 aromatic rings. The number of halogens is 1. The molecular formula is C17H14ClN5O2. The summed E-state index contributed by atoms with van der Waals surface area (Å²) in [6.45, 7) is 0. The Morgan fingerprint density at radius 1 is 1.20 bits per heavy atom. The Hall–Kier alpha value is -3.06. The van der Waals surface area contributed by atoms with E-state index in [4.69, 9.17) is 11.6 Å². The molecule has 126 valence electrons. The van der Waals surface area contributed by atoms with Crippen LogP contribution < -0.4 is 10.9 Å². The minimum absolute atomic E-state index is 0.130. The molecule has 1 aromatic carbocycles. The Balaban J connectivity index is 1.68. The molecule has 2 heterocycles. The molecule has 8 heteroatoms. The molecule has 0 aliphatic heterocycles. The zero-order chi connectivity index (χ0) is 17.8. The van der Waals surface area contributed by atoms with Crippen LogP contribution in [0.2, 0.25) is 5.02 Å². The van der Waals surface area contributed by atoms with Gasteiger partial charge < -0.3 is 5.32 Å². The van der Waals surface area contributed by atoms with Crippen molar-refractivity contribution in [3.63, 3.8) is 0 Å². The molecule has 0 aliphatic rings. The molecule has 0 unspecified atom stereocenters. The summed E-state index contributed by atoms with van der Waals surface area (Å²) >= 11 is 5.96. The van der Waals surface area contributed by atoms with E-state index in [1.54, 1.807) is 6.07 Å². The molecule has 0 saturated heterocycles. The minimum Gasteiger partial charge on any atom is -0.318 e. The summed E-state index contributed by atoms with van der Waals surface area (Å²) in [5.41, 5.74) is 1.28. The van der Waals surface area contributed by atoms with Crippen LogP contribution in [0.15, 0.2) is 53.6 Å². The van der Waals surface area contributed by atoms with E-state index in [-0.39, 0.29) is 11.3 Å². The lowest BCUT2D eigenvalue weighted by molar-refractivity contribution is 0.102. The average Bonchev–Trinajstić information content (AvgIpc) is 2.59. The van der Waals surface area contributed by atoms with Crippen molar-refractivity contribution < 1.29 is 4.79 Å². The Morgan fingerprint density at radius 2 is 1.96 bits per heavy atom. The minimum atomic E-state index is -0.443. The molecule has 0 atom stereocenters. The monoisotopic (exact) mass is 355 g/mol. The highest BCUT2D eigenvalue weighted by Crippen LogP contribution is 2.13. The van der Waals surface area contributed by atoms with Crippen LogP contribution in [0, 0.1) is 0 Å². The van der Waals surface area contributed by atoms with Gasteiger partial charge in [0.05, 0.1) is 18.1 Å². The van der Waals surface area contributed by atoms with Crippen LogP contribution in [0.1, 0.15) is 21.9 Å². The van der Waals surface area contributed by atoms with Crippen LogP contribution in [0.4, 0.5) is 5.69 Å². The quantitative estimate of drug-likeness (QED) is 0.773. The van der Waals surface area contributed by atoms with E-state index in [0.717, 1.165) is 10.2 Å². The molecule has 1 amide bonds. The summed E-state index contributed by atoms with van der Waals surface area (Å²) < 4.78 is 1.10. The molecule has 0 bridgehead atoms. The maximum Gasteiger partial charge on any atom is 0.276 e. The number of carbonyl (C=O) groups excluding carboxylic acids is 1. The van der Waals surface area contributed by atoms with Gasteiger partial charge in [-0.25, -0.2) is 14.6 Å². The first kappa shape index (κ1) is 16.8. The summed E-state index contributed by atoms with van der Waals surface area (Å²) in [6.07, 6.45) is 3.58. The van der Waals surface area contributed by atoms with Gasteiger partial charge in [-0.1, -0.05) is 23.7 Å². The van der Waals surface area contributed by atoms with Crippen molar-refractivity contribution in [1.82, 2.24) is 19.7 Å². The molecule has 25 heavy (non-hydrogen) atoms. The van der Waals surface area contributed by atoms with Crippen molar-refractivity contribution in [3.8, 4) is 0 Å². The molecule has 1 N–H and O–H groups in total. The predicted octanol–water partition coefficient (Wildman–Crippen LogP) is 2.07. The number of carbonyl (C=O) groups is 1. The number of nitrogens with zero attached hydrogens (tertiary/aromatic N) is 4. The zero-order valence-corrected chi connectivity index (χ0v) is 14.1. The zero-order valence-electron chi connectivity index (χ0n) is 13.3. The summed E-state index contributed by atoms with van der Waals surface area (Å²) in [5, 5.41) is 7.19. The van der Waals surface area contributed by atoms with Gasteiger partial charge in [-0.05, 0) is 23.8 Å². The lowest BCUT2D eigenvalue weighted by Crippen LogP contribution is -2.23. The van der Waals surface area contributed by atoms with Crippen molar-refractivity contribution in [2.24, 2.45) is 7.05 Å². The fourth-order valence-corrected chi connectivity index (χ4v) is 2.37. The fraction of sp³-hybridized carbons (Fsp3) is 0.118. The summed E-state index contributed by atoms with van der Waals surface area (Å²) in [4.78, 5) is 31.9. The van der Waals surface area contributed by atoms with Crippen LogP contribution in [-0.2, 0) is 13.5 Å². The highest BCUT2D eigenvalue weighted by molar-refractivity contribution is 6.30. The van der Waals surface area contributed by atoms with Gasteiger partial charge in [-0.2, -0.15) is 5.10 Å². The maximum atomic E-state index is 12.1. The highest BCUT2D eigenvalue weighted by atomic mass is 35.5. The van der Waals surface area contributed by atoms with Gasteiger partial charge in [0.2, 0.25) is 0 Å². The molecule has 7 nitrogen and oxygen atoms in total. The number of rotatable bonds is 4. The van der Waals surface area contributed by atoms with E-state index in [9.17, 15) is 9.59 Å². The molecule has 3 rings (SSSR count). The van der Waals surface area contributed by atoms with Crippen molar-refractivity contribution in [2.75, 3.05) is 5.32 Å². The standard InChI is InChI=1S/C17H14ClN5O2/c1-23-16(24)6-5-14(22-23)17(25)21-13-9-19-15(20-10-13)8-11-3-2-4-12(18)7-11/h2-7,9-10H,8H2,1H3,(H,21,25). The normalized spacial score (nSPS) is 10.5. The van der Waals surface area contributed by atoms with Gasteiger partial charge >= 0.3 is 0 Å². The first-order chi connectivity index (χ1) is 12.0. The van der Waals surface area contributed by atoms with Gasteiger partial charge in [0.15, 0.2) is 0 Å². The van der Waals surface area contributed by atoms with E-state index < -0.39 is 5.91 Å². The van der Waals surface area contributed by atoms with Gasteiger partial charge in [0.1, 0.15) is 11.5 Å². The molecular weight excluding hydrogens is 342 g/mol. The van der Waals surface area contributed by atoms with Crippen molar-refractivity contribution >= 4 is 23.2 Å². The molecule has 0 radical (unpaired) electrons. The second-order valence-electron chi connectivity index (χ2n) is 5.33. The van der Waals surface area contributed by atoms with E-state index >= 15 is 0 Å². The Morgan fingerprint density at radius 3 is 2.64 bits per heavy atom. The van der Waals surface area contributed by atoms with E-state index in [1.165, 1.54) is 31.6 Å². The summed E-state index contributed by atoms with van der Waals surface area (Å²) in [5.74, 6) is 0.169. The third-order valence-electron chi connectivity index (χ3n) is 3.41. The van der Waals surface area contributed by atoms with E-state index in [1.807, 2.05) is 18.2 Å². The van der Waals surface area contributed by atoms with Crippen LogP contribution in [0.5, 0.6) is 0 Å². The van der Waals surface area contributed by atoms with E-state index in [2.05, 4.69) is 20.4 Å². The van der Waals surface area contributed by atoms with Crippen LogP contribution in [0.3, 0.4) is 0 Å². The number of benzene rings is 1. The van der Waals surface area contributed by atoms with Crippen molar-refractivity contribution in [3.05, 3.63) is 81.3 Å². The molecule has 0 spiro atoms. The second-order valence-corrected chi connectivity index (χ2v) is 5.77. The van der Waals surface area contributed by atoms with Gasteiger partial charge in [0, 0.05) is 24.6 Å². The summed E-state index contributed by atoms with van der Waals surface area (Å²) in [7, 11) is 1.48. The highest BCUT2D eigenvalue weighted by Gasteiger charge is 2.10. The number of hydrogen-bond acceptors (Lipinski definition) is 5. The Bertz CT molecular complexity index is 969. The maximum absolute atomic E-state index is 12.1. The topological polar surface area (TPSA) is 89.8 Å². The van der Waals surface area contributed by atoms with Crippen LogP contribution >= 0.6 is 11.6 Å². The first-order valence-electron chi connectivity index (χ1n) is 7.42. The molecule has 0 aliphatic carbocycles. The van der Waals surface area contributed by atoms with Crippen LogP contribution in [0.25, 0.3) is 0 Å². The largest absolute Gasteiger partial charge is 0.318 e. The smallest absolute Gasteiger partial charge is 0.276 e. The lowest BCUT2D eigenvalue weighted by Gasteiger charge is -2.06. The average molecular weight is 356 g/mol. The van der Waals surface area contributed by atoms with Crippen LogP contribution in [-0.4, -0.2) is 25.7 Å². The van der Waals surface area contributed by atoms with Gasteiger partial charge in [-0.3, -0.25) is 9.59 Å². The third kappa shape index (κ3) is 4.27. The molecule has 0 fully saturated rings. The third-order valence-corrected chi connectivity index (χ3v) is 3.64. The number of anilines is 1. The Labute approximate surface area is 148 Å². The lowest BCUT2D eigenvalue weighted by atomic mass is 10.1. The predicted molar refractivity (Wildman–Crippen MR) is 93.7 cm³/mol. The van der Waals surface area contributed by atoms with E-state index in [0.29, 0.717) is 23.0 Å². The van der Waals surface area contributed by atoms with Crippen molar-refractivity contribution in [2.45, 2.75) is 6.42 Å². The van der Waals surface area contributed by atoms with Crippen molar-refractivity contribution in [1.29, 1.82) is 0 Å². The first-order valence-corrected chi connectivity index (χ1v) is 7.80. The number of amides is 1. The number of aromatic nitrogens is 4. The number of nitrogens with one attached hydrogen (secondary N) is 1. The number of hydrogen-bond donors (Lipinski definition) is 1. The molecule has 2 aromatic heterocycles. The molecule has 0 saturated carbocycles. The SMILES string of the molecule is Cn1nc(C(=O)Nc2cnc(Cc3cccc(Cl)c3)nc2)ccc1=O. The van der Waals surface area contributed by atoms with Gasteiger partial charge in [-0.15, -0.1) is 0 Å². The number of aryl methyl sites for hydroxylation is 1. The second kappa shape index (κ2) is 7.23. The summed E-state index contributed by atoms with van der Waals surface area (Å²) in [6, 6.07) is 10.1.